The summed E-state index contributed by atoms with van der Waals surface area (Å²) in [6, 6.07) is 5.47. The zero-order valence-electron chi connectivity index (χ0n) is 13.8. The zero-order chi connectivity index (χ0) is 16.8. The first-order valence-electron chi connectivity index (χ1n) is 8.14. The van der Waals surface area contributed by atoms with Gasteiger partial charge in [0, 0.05) is 49.3 Å². The van der Waals surface area contributed by atoms with Crippen LogP contribution in [0, 0.1) is 5.92 Å². The van der Waals surface area contributed by atoms with E-state index in [-0.39, 0.29) is 6.03 Å². The van der Waals surface area contributed by atoms with E-state index in [1.165, 1.54) is 0 Å². The molecule has 1 heterocycles. The summed E-state index contributed by atoms with van der Waals surface area (Å²) in [6.07, 6.45) is 0.703. The largest absolute Gasteiger partial charge is 0.338 e. The van der Waals surface area contributed by atoms with Gasteiger partial charge in [-0.05, 0) is 30.0 Å². The molecule has 0 saturated carbocycles. The van der Waals surface area contributed by atoms with Gasteiger partial charge in [-0.25, -0.2) is 4.79 Å². The SMILES string of the molecule is CC(C)CN1CCN(C(=O)NCCc2ccc(Cl)cc2Cl)CC1. The van der Waals surface area contributed by atoms with Gasteiger partial charge in [-0.3, -0.25) is 4.90 Å². The molecule has 0 radical (unpaired) electrons. The van der Waals surface area contributed by atoms with E-state index in [9.17, 15) is 4.79 Å². The maximum Gasteiger partial charge on any atom is 0.317 e. The number of hydrogen-bond acceptors (Lipinski definition) is 2. The van der Waals surface area contributed by atoms with Crippen molar-refractivity contribution in [3.8, 4) is 0 Å². The number of benzene rings is 1. The summed E-state index contributed by atoms with van der Waals surface area (Å²) >= 11 is 12.0. The Morgan fingerprint density at radius 3 is 2.52 bits per heavy atom. The molecule has 0 unspecified atom stereocenters. The second kappa shape index (κ2) is 8.76. The lowest BCUT2D eigenvalue weighted by Gasteiger charge is -2.35. The van der Waals surface area contributed by atoms with Crippen molar-refractivity contribution in [2.45, 2.75) is 20.3 Å². The van der Waals surface area contributed by atoms with Crippen molar-refractivity contribution in [1.29, 1.82) is 0 Å². The van der Waals surface area contributed by atoms with Crippen molar-refractivity contribution in [3.63, 3.8) is 0 Å². The summed E-state index contributed by atoms with van der Waals surface area (Å²) in [5, 5.41) is 4.25. The van der Waals surface area contributed by atoms with Gasteiger partial charge in [0.1, 0.15) is 0 Å². The van der Waals surface area contributed by atoms with Crippen molar-refractivity contribution >= 4 is 29.2 Å². The number of urea groups is 1. The van der Waals surface area contributed by atoms with Crippen LogP contribution in [0.4, 0.5) is 4.79 Å². The molecule has 0 aromatic heterocycles. The molecule has 4 nitrogen and oxygen atoms in total. The molecular formula is C17H25Cl2N3O. The summed E-state index contributed by atoms with van der Waals surface area (Å²) in [4.78, 5) is 16.5. The van der Waals surface area contributed by atoms with Gasteiger partial charge >= 0.3 is 6.03 Å². The molecule has 1 N–H and O–H groups in total. The first-order chi connectivity index (χ1) is 11.0. The number of nitrogens with zero attached hydrogens (tertiary/aromatic N) is 2. The second-order valence-electron chi connectivity index (χ2n) is 6.40. The summed E-state index contributed by atoms with van der Waals surface area (Å²) in [5.41, 5.74) is 0.998. The van der Waals surface area contributed by atoms with Gasteiger partial charge in [0.2, 0.25) is 0 Å². The van der Waals surface area contributed by atoms with Crippen LogP contribution in [0.2, 0.25) is 10.0 Å². The standard InChI is InChI=1S/C17H25Cl2N3O/c1-13(2)12-21-7-9-22(10-8-21)17(23)20-6-5-14-3-4-15(18)11-16(14)19/h3-4,11,13H,5-10,12H2,1-2H3,(H,20,23). The molecule has 2 rings (SSSR count). The highest BCUT2D eigenvalue weighted by Gasteiger charge is 2.21. The zero-order valence-corrected chi connectivity index (χ0v) is 15.3. The first-order valence-corrected chi connectivity index (χ1v) is 8.90. The molecule has 1 saturated heterocycles. The molecule has 1 aliphatic heterocycles. The minimum Gasteiger partial charge on any atom is -0.338 e. The van der Waals surface area contributed by atoms with E-state index in [0.29, 0.717) is 28.9 Å². The third kappa shape index (κ3) is 5.87. The van der Waals surface area contributed by atoms with Gasteiger partial charge in [0.15, 0.2) is 0 Å². The maximum atomic E-state index is 12.2. The highest BCUT2D eigenvalue weighted by Crippen LogP contribution is 2.21. The van der Waals surface area contributed by atoms with Crippen LogP contribution in [0.1, 0.15) is 19.4 Å². The molecule has 1 aliphatic rings. The Labute approximate surface area is 148 Å². The fraction of sp³-hybridized carbons (Fsp3) is 0.588. The maximum absolute atomic E-state index is 12.2. The molecule has 1 fully saturated rings. The van der Waals surface area contributed by atoms with Gasteiger partial charge < -0.3 is 10.2 Å². The fourth-order valence-electron chi connectivity index (χ4n) is 2.79. The highest BCUT2D eigenvalue weighted by molar-refractivity contribution is 6.35. The normalized spacial score (nSPS) is 16.0. The number of hydrogen-bond donors (Lipinski definition) is 1. The molecule has 1 aromatic carbocycles. The smallest absolute Gasteiger partial charge is 0.317 e. The lowest BCUT2D eigenvalue weighted by atomic mass is 10.1. The Balaban J connectivity index is 1.71. The second-order valence-corrected chi connectivity index (χ2v) is 7.24. The quantitative estimate of drug-likeness (QED) is 0.874. The van der Waals surface area contributed by atoms with Crippen LogP contribution in [-0.2, 0) is 6.42 Å². The van der Waals surface area contributed by atoms with Crippen LogP contribution in [0.5, 0.6) is 0 Å². The Morgan fingerprint density at radius 1 is 1.22 bits per heavy atom. The molecule has 6 heteroatoms. The number of halogens is 2. The number of nitrogens with one attached hydrogen (secondary N) is 1. The monoisotopic (exact) mass is 357 g/mol. The lowest BCUT2D eigenvalue weighted by Crippen LogP contribution is -2.52. The molecule has 0 aliphatic carbocycles. The van der Waals surface area contributed by atoms with Crippen molar-refractivity contribution < 1.29 is 4.79 Å². The predicted molar refractivity (Wildman–Crippen MR) is 96.4 cm³/mol. The van der Waals surface area contributed by atoms with Gasteiger partial charge in [-0.2, -0.15) is 0 Å². The Bertz CT molecular complexity index is 529. The molecule has 23 heavy (non-hydrogen) atoms. The molecular weight excluding hydrogens is 333 g/mol. The Morgan fingerprint density at radius 2 is 1.91 bits per heavy atom. The number of piperazine rings is 1. The fourth-order valence-corrected chi connectivity index (χ4v) is 3.29. The van der Waals surface area contributed by atoms with Crippen molar-refractivity contribution in [3.05, 3.63) is 33.8 Å². The molecule has 0 spiro atoms. The van der Waals surface area contributed by atoms with E-state index in [2.05, 4.69) is 24.1 Å². The average Bonchev–Trinajstić information content (AvgIpc) is 2.49. The van der Waals surface area contributed by atoms with E-state index in [0.717, 1.165) is 38.3 Å². The summed E-state index contributed by atoms with van der Waals surface area (Å²) in [5.74, 6) is 0.666. The van der Waals surface area contributed by atoms with E-state index in [1.54, 1.807) is 6.07 Å². The molecule has 128 valence electrons. The average molecular weight is 358 g/mol. The summed E-state index contributed by atoms with van der Waals surface area (Å²) in [7, 11) is 0. The lowest BCUT2D eigenvalue weighted by molar-refractivity contribution is 0.131. The highest BCUT2D eigenvalue weighted by atomic mass is 35.5. The number of amides is 2. The third-order valence-electron chi connectivity index (χ3n) is 3.97. The first kappa shape index (κ1) is 18.4. The molecule has 2 amide bonds. The Kier molecular flexibility index (Phi) is 7.00. The van der Waals surface area contributed by atoms with Crippen molar-refractivity contribution in [2.24, 2.45) is 5.92 Å². The Hall–Kier alpha value is -0.970. The topological polar surface area (TPSA) is 35.6 Å². The predicted octanol–water partition coefficient (Wildman–Crippen LogP) is 3.52. The van der Waals surface area contributed by atoms with E-state index >= 15 is 0 Å². The van der Waals surface area contributed by atoms with E-state index in [1.807, 2.05) is 17.0 Å². The summed E-state index contributed by atoms with van der Waals surface area (Å²) < 4.78 is 0. The van der Waals surface area contributed by atoms with Gasteiger partial charge in [-0.1, -0.05) is 43.1 Å². The van der Waals surface area contributed by atoms with Crippen LogP contribution in [0.15, 0.2) is 18.2 Å². The number of carbonyl (C=O) groups excluding carboxylic acids is 1. The van der Waals surface area contributed by atoms with Crippen molar-refractivity contribution in [2.75, 3.05) is 39.3 Å². The van der Waals surface area contributed by atoms with E-state index in [4.69, 9.17) is 23.2 Å². The minimum absolute atomic E-state index is 0.0132. The summed E-state index contributed by atoms with van der Waals surface area (Å²) in [6.45, 7) is 9.61. The molecule has 0 atom stereocenters. The van der Waals surface area contributed by atoms with Crippen LogP contribution in [-0.4, -0.2) is 55.1 Å². The number of carbonyl (C=O) groups is 1. The van der Waals surface area contributed by atoms with Gasteiger partial charge in [0.25, 0.3) is 0 Å². The van der Waals surface area contributed by atoms with E-state index < -0.39 is 0 Å². The van der Waals surface area contributed by atoms with Crippen molar-refractivity contribution in [1.82, 2.24) is 15.1 Å². The minimum atomic E-state index is 0.0132. The van der Waals surface area contributed by atoms with Crippen LogP contribution in [0.3, 0.4) is 0 Å². The van der Waals surface area contributed by atoms with Crippen LogP contribution >= 0.6 is 23.2 Å². The van der Waals surface area contributed by atoms with Crippen LogP contribution in [0.25, 0.3) is 0 Å². The van der Waals surface area contributed by atoms with Crippen LogP contribution < -0.4 is 5.32 Å². The van der Waals surface area contributed by atoms with Gasteiger partial charge in [0.05, 0.1) is 0 Å². The molecule has 0 bridgehead atoms. The molecule has 1 aromatic rings. The number of rotatable bonds is 5. The third-order valence-corrected chi connectivity index (χ3v) is 4.56. The van der Waals surface area contributed by atoms with Gasteiger partial charge in [-0.15, -0.1) is 0 Å².